The fourth-order valence-corrected chi connectivity index (χ4v) is 3.31. The van der Waals surface area contributed by atoms with Crippen LogP contribution in [-0.2, 0) is 5.41 Å². The Hall–Kier alpha value is -0.540. The Balaban J connectivity index is 1.97. The van der Waals surface area contributed by atoms with Crippen LogP contribution in [-0.4, -0.2) is 20.2 Å². The SMILES string of the molecule is COc1ccc(C23CNCC2C3)cc1Br. The van der Waals surface area contributed by atoms with Gasteiger partial charge in [-0.3, -0.25) is 0 Å². The van der Waals surface area contributed by atoms with Gasteiger partial charge in [0.2, 0.25) is 0 Å². The lowest BCUT2D eigenvalue weighted by Crippen LogP contribution is -2.19. The molecule has 0 aromatic heterocycles. The van der Waals surface area contributed by atoms with Crippen molar-refractivity contribution in [3.05, 3.63) is 28.2 Å². The van der Waals surface area contributed by atoms with Crippen molar-refractivity contribution in [3.8, 4) is 5.75 Å². The van der Waals surface area contributed by atoms with Gasteiger partial charge in [-0.05, 0) is 52.5 Å². The lowest BCUT2D eigenvalue weighted by Gasteiger charge is -2.14. The minimum atomic E-state index is 0.439. The first-order valence-corrected chi connectivity index (χ1v) is 6.10. The highest BCUT2D eigenvalue weighted by Crippen LogP contribution is 2.56. The number of hydrogen-bond donors (Lipinski definition) is 1. The Morgan fingerprint density at radius 3 is 2.93 bits per heavy atom. The second-order valence-corrected chi connectivity index (χ2v) is 5.39. The van der Waals surface area contributed by atoms with Gasteiger partial charge in [0.15, 0.2) is 0 Å². The molecule has 80 valence electrons. The van der Waals surface area contributed by atoms with Crippen LogP contribution in [0, 0.1) is 5.92 Å². The van der Waals surface area contributed by atoms with Crippen LogP contribution in [0.15, 0.2) is 22.7 Å². The van der Waals surface area contributed by atoms with Gasteiger partial charge in [0, 0.05) is 12.0 Å². The standard InChI is InChI=1S/C12H14BrNO/c1-15-11-3-2-8(4-10(11)13)12-5-9(12)6-14-7-12/h2-4,9,14H,5-7H2,1H3. The molecule has 0 spiro atoms. The zero-order valence-electron chi connectivity index (χ0n) is 8.72. The highest BCUT2D eigenvalue weighted by Gasteiger charge is 2.58. The molecule has 0 amide bonds. The van der Waals surface area contributed by atoms with Crippen LogP contribution in [0.2, 0.25) is 0 Å². The Morgan fingerprint density at radius 2 is 2.40 bits per heavy atom. The van der Waals surface area contributed by atoms with E-state index >= 15 is 0 Å². The Kier molecular flexibility index (Phi) is 2.08. The van der Waals surface area contributed by atoms with Crippen molar-refractivity contribution < 1.29 is 4.74 Å². The van der Waals surface area contributed by atoms with Crippen molar-refractivity contribution in [3.63, 3.8) is 0 Å². The summed E-state index contributed by atoms with van der Waals surface area (Å²) in [4.78, 5) is 0. The van der Waals surface area contributed by atoms with Crippen molar-refractivity contribution in [2.24, 2.45) is 5.92 Å². The van der Waals surface area contributed by atoms with Crippen molar-refractivity contribution in [2.45, 2.75) is 11.8 Å². The van der Waals surface area contributed by atoms with Gasteiger partial charge in [-0.2, -0.15) is 0 Å². The van der Waals surface area contributed by atoms with E-state index in [4.69, 9.17) is 4.74 Å². The van der Waals surface area contributed by atoms with Crippen LogP contribution in [0.4, 0.5) is 0 Å². The molecule has 1 saturated carbocycles. The van der Waals surface area contributed by atoms with E-state index in [2.05, 4.69) is 39.4 Å². The van der Waals surface area contributed by atoms with Crippen molar-refractivity contribution >= 4 is 15.9 Å². The molecule has 2 aliphatic rings. The second kappa shape index (κ2) is 3.22. The molecule has 3 heteroatoms. The van der Waals surface area contributed by atoms with Gasteiger partial charge in [0.25, 0.3) is 0 Å². The fraction of sp³-hybridized carbons (Fsp3) is 0.500. The molecule has 0 bridgehead atoms. The Morgan fingerprint density at radius 1 is 1.53 bits per heavy atom. The van der Waals surface area contributed by atoms with E-state index in [1.54, 1.807) is 7.11 Å². The molecular formula is C12H14BrNO. The van der Waals surface area contributed by atoms with Crippen LogP contribution < -0.4 is 10.1 Å². The zero-order chi connectivity index (χ0) is 10.5. The number of rotatable bonds is 2. The van der Waals surface area contributed by atoms with Gasteiger partial charge >= 0.3 is 0 Å². The third-order valence-electron chi connectivity index (χ3n) is 3.79. The summed E-state index contributed by atoms with van der Waals surface area (Å²) in [6.07, 6.45) is 1.35. The molecule has 15 heavy (non-hydrogen) atoms. The monoisotopic (exact) mass is 267 g/mol. The van der Waals surface area contributed by atoms with E-state index in [-0.39, 0.29) is 0 Å². The molecule has 1 saturated heterocycles. The molecule has 1 aliphatic heterocycles. The minimum absolute atomic E-state index is 0.439. The lowest BCUT2D eigenvalue weighted by molar-refractivity contribution is 0.411. The van der Waals surface area contributed by atoms with Gasteiger partial charge in [-0.15, -0.1) is 0 Å². The predicted octanol–water partition coefficient (Wildman–Crippen LogP) is 2.32. The van der Waals surface area contributed by atoms with E-state index in [9.17, 15) is 0 Å². The molecule has 2 unspecified atom stereocenters. The number of hydrogen-bond acceptors (Lipinski definition) is 2. The molecular weight excluding hydrogens is 254 g/mol. The first-order chi connectivity index (χ1) is 7.26. The topological polar surface area (TPSA) is 21.3 Å². The minimum Gasteiger partial charge on any atom is -0.496 e. The summed E-state index contributed by atoms with van der Waals surface area (Å²) in [6, 6.07) is 6.48. The fourth-order valence-electron chi connectivity index (χ4n) is 2.77. The maximum Gasteiger partial charge on any atom is 0.133 e. The maximum absolute atomic E-state index is 5.25. The molecule has 1 aromatic rings. The van der Waals surface area contributed by atoms with E-state index in [1.807, 2.05) is 0 Å². The summed E-state index contributed by atoms with van der Waals surface area (Å²) in [5.41, 5.74) is 1.89. The molecule has 2 nitrogen and oxygen atoms in total. The average Bonchev–Trinajstić information content (AvgIpc) is 2.82. The summed E-state index contributed by atoms with van der Waals surface area (Å²) < 4.78 is 6.31. The highest BCUT2D eigenvalue weighted by molar-refractivity contribution is 9.10. The van der Waals surface area contributed by atoms with Gasteiger partial charge in [-0.25, -0.2) is 0 Å². The average molecular weight is 268 g/mol. The summed E-state index contributed by atoms with van der Waals surface area (Å²) in [7, 11) is 1.70. The van der Waals surface area contributed by atoms with Gasteiger partial charge in [0.1, 0.15) is 5.75 Å². The number of methoxy groups -OCH3 is 1. The van der Waals surface area contributed by atoms with E-state index < -0.39 is 0 Å². The number of halogens is 1. The molecule has 1 heterocycles. The van der Waals surface area contributed by atoms with Gasteiger partial charge in [0.05, 0.1) is 11.6 Å². The van der Waals surface area contributed by atoms with Crippen LogP contribution in [0.1, 0.15) is 12.0 Å². The summed E-state index contributed by atoms with van der Waals surface area (Å²) in [6.45, 7) is 2.32. The van der Waals surface area contributed by atoms with Gasteiger partial charge in [-0.1, -0.05) is 6.07 Å². The van der Waals surface area contributed by atoms with Gasteiger partial charge < -0.3 is 10.1 Å². The first-order valence-electron chi connectivity index (χ1n) is 5.31. The number of benzene rings is 1. The van der Waals surface area contributed by atoms with E-state index in [1.165, 1.54) is 18.5 Å². The molecule has 2 fully saturated rings. The zero-order valence-corrected chi connectivity index (χ0v) is 10.3. The smallest absolute Gasteiger partial charge is 0.133 e. The molecule has 1 aliphatic carbocycles. The summed E-state index contributed by atoms with van der Waals surface area (Å²) in [5.74, 6) is 1.77. The van der Waals surface area contributed by atoms with Crippen LogP contribution in [0.5, 0.6) is 5.75 Å². The molecule has 1 N–H and O–H groups in total. The molecule has 0 radical (unpaired) electrons. The normalized spacial score (nSPS) is 32.5. The Bertz CT molecular complexity index is 407. The first kappa shape index (κ1) is 9.67. The highest BCUT2D eigenvalue weighted by atomic mass is 79.9. The molecule has 1 aromatic carbocycles. The number of nitrogens with one attached hydrogen (secondary N) is 1. The number of ether oxygens (including phenoxy) is 1. The largest absolute Gasteiger partial charge is 0.496 e. The maximum atomic E-state index is 5.25. The molecule has 2 atom stereocenters. The Labute approximate surface area is 98.1 Å². The van der Waals surface area contributed by atoms with Crippen LogP contribution >= 0.6 is 15.9 Å². The van der Waals surface area contributed by atoms with Crippen molar-refractivity contribution in [1.29, 1.82) is 0 Å². The van der Waals surface area contributed by atoms with Crippen LogP contribution in [0.3, 0.4) is 0 Å². The number of fused-ring (bicyclic) bond motifs is 1. The van der Waals surface area contributed by atoms with Crippen molar-refractivity contribution in [1.82, 2.24) is 5.32 Å². The third-order valence-corrected chi connectivity index (χ3v) is 4.41. The van der Waals surface area contributed by atoms with Crippen molar-refractivity contribution in [2.75, 3.05) is 20.2 Å². The second-order valence-electron chi connectivity index (χ2n) is 4.54. The third kappa shape index (κ3) is 1.33. The van der Waals surface area contributed by atoms with Crippen LogP contribution in [0.25, 0.3) is 0 Å². The van der Waals surface area contributed by atoms with E-state index in [0.29, 0.717) is 5.41 Å². The lowest BCUT2D eigenvalue weighted by atomic mass is 9.95. The predicted molar refractivity (Wildman–Crippen MR) is 63.3 cm³/mol. The summed E-state index contributed by atoms with van der Waals surface area (Å²) in [5, 5.41) is 3.46. The number of piperidine rings is 1. The summed E-state index contributed by atoms with van der Waals surface area (Å²) >= 11 is 3.55. The molecule has 3 rings (SSSR count). The quantitative estimate of drug-likeness (QED) is 0.888. The van der Waals surface area contributed by atoms with E-state index in [0.717, 1.165) is 22.7 Å².